The number of benzene rings is 1. The molecule has 5 heteroatoms. The summed E-state index contributed by atoms with van der Waals surface area (Å²) in [7, 11) is 3.72. The van der Waals surface area contributed by atoms with Crippen molar-refractivity contribution >= 4 is 26.4 Å². The predicted octanol–water partition coefficient (Wildman–Crippen LogP) is 1.22. The van der Waals surface area contributed by atoms with Gasteiger partial charge in [-0.15, -0.1) is 9.24 Å². The molecule has 76 valence electrons. The smallest absolute Gasteiger partial charge is 0.169 e. The van der Waals surface area contributed by atoms with Crippen LogP contribution in [0, 0.1) is 18.2 Å². The first-order chi connectivity index (χ1) is 6.54. The lowest BCUT2D eigenvalue weighted by atomic mass is 10.1. The highest BCUT2D eigenvalue weighted by molar-refractivity contribution is 7.28. The van der Waals surface area contributed by atoms with Gasteiger partial charge in [-0.1, -0.05) is 0 Å². The Bertz CT molecular complexity index is 393. The second-order valence-corrected chi connectivity index (χ2v) is 3.43. The monoisotopic (exact) mass is 214 g/mol. The Hall–Kier alpha value is -1.15. The number of halogens is 1. The lowest BCUT2D eigenvalue weighted by molar-refractivity contribution is 0.385. The van der Waals surface area contributed by atoms with E-state index in [1.807, 2.05) is 0 Å². The van der Waals surface area contributed by atoms with Crippen LogP contribution in [-0.4, -0.2) is 13.3 Å². The average Bonchev–Trinajstić information content (AvgIpc) is 2.20. The van der Waals surface area contributed by atoms with E-state index in [0.29, 0.717) is 16.6 Å². The summed E-state index contributed by atoms with van der Waals surface area (Å²) in [6.45, 7) is 1.62. The van der Waals surface area contributed by atoms with Crippen molar-refractivity contribution < 1.29 is 9.13 Å². The molecule has 1 aromatic rings. The second-order valence-electron chi connectivity index (χ2n) is 2.86. The zero-order chi connectivity index (χ0) is 10.9. The number of rotatable bonds is 2. The number of hydrogen-bond acceptors (Lipinski definition) is 3. The van der Waals surface area contributed by atoms with Crippen LogP contribution in [0.25, 0.3) is 0 Å². The van der Waals surface area contributed by atoms with E-state index in [9.17, 15) is 4.39 Å². The Morgan fingerprint density at radius 3 is 2.57 bits per heavy atom. The van der Waals surface area contributed by atoms with E-state index in [-0.39, 0.29) is 11.3 Å². The van der Waals surface area contributed by atoms with Crippen molar-refractivity contribution in [3.05, 3.63) is 16.9 Å². The maximum Gasteiger partial charge on any atom is 0.169 e. The van der Waals surface area contributed by atoms with Crippen molar-refractivity contribution in [1.29, 1.82) is 5.41 Å². The van der Waals surface area contributed by atoms with Crippen molar-refractivity contribution in [2.75, 3.05) is 12.8 Å². The molecule has 0 fully saturated rings. The quantitative estimate of drug-likeness (QED) is 0.442. The zero-order valence-corrected chi connectivity index (χ0v) is 9.17. The molecule has 0 radical (unpaired) electrons. The van der Waals surface area contributed by atoms with Crippen LogP contribution in [0.5, 0.6) is 5.75 Å². The maximum absolute atomic E-state index is 13.6. The fourth-order valence-electron chi connectivity index (χ4n) is 1.22. The van der Waals surface area contributed by atoms with Crippen molar-refractivity contribution in [3.8, 4) is 5.75 Å². The van der Waals surface area contributed by atoms with Crippen LogP contribution in [0.4, 0.5) is 10.1 Å². The molecule has 0 amide bonds. The van der Waals surface area contributed by atoms with Gasteiger partial charge in [0.1, 0.15) is 0 Å². The van der Waals surface area contributed by atoms with Crippen molar-refractivity contribution in [2.24, 2.45) is 0 Å². The van der Waals surface area contributed by atoms with Crippen LogP contribution in [-0.2, 0) is 0 Å². The predicted molar refractivity (Wildman–Crippen MR) is 59.3 cm³/mol. The summed E-state index contributed by atoms with van der Waals surface area (Å²) in [4.78, 5) is 0. The molecule has 1 aromatic carbocycles. The van der Waals surface area contributed by atoms with E-state index in [1.54, 1.807) is 6.92 Å². The summed E-state index contributed by atoms with van der Waals surface area (Å²) in [6.07, 6.45) is 0.990. The van der Waals surface area contributed by atoms with E-state index in [4.69, 9.17) is 15.9 Å². The van der Waals surface area contributed by atoms with E-state index in [2.05, 4.69) is 9.24 Å². The van der Waals surface area contributed by atoms with Gasteiger partial charge >= 0.3 is 0 Å². The highest BCUT2D eigenvalue weighted by atomic mass is 31.0. The lowest BCUT2D eigenvalue weighted by Gasteiger charge is -2.13. The van der Waals surface area contributed by atoms with Crippen molar-refractivity contribution in [3.63, 3.8) is 0 Å². The fourth-order valence-corrected chi connectivity index (χ4v) is 1.50. The van der Waals surface area contributed by atoms with Crippen LogP contribution in [0.15, 0.2) is 0 Å². The van der Waals surface area contributed by atoms with E-state index >= 15 is 0 Å². The number of nitrogens with two attached hydrogens (primary N) is 1. The summed E-state index contributed by atoms with van der Waals surface area (Å²) in [5.74, 6) is -0.439. The number of anilines is 1. The summed E-state index contributed by atoms with van der Waals surface area (Å²) >= 11 is 0. The molecular formula is C9H12FN2OP. The molecule has 3 nitrogen and oxygen atoms in total. The Morgan fingerprint density at radius 2 is 2.14 bits per heavy atom. The minimum atomic E-state index is -0.467. The minimum Gasteiger partial charge on any atom is -0.493 e. The van der Waals surface area contributed by atoms with Gasteiger partial charge < -0.3 is 15.9 Å². The van der Waals surface area contributed by atoms with Gasteiger partial charge in [-0.05, 0) is 17.8 Å². The third-order valence-corrected chi connectivity index (χ3v) is 2.85. The van der Waals surface area contributed by atoms with Gasteiger partial charge in [0.05, 0.1) is 18.4 Å². The summed E-state index contributed by atoms with van der Waals surface area (Å²) in [5.41, 5.74) is 6.79. The third-order valence-electron chi connectivity index (χ3n) is 2.11. The molecule has 0 aliphatic carbocycles. The molecule has 0 saturated heterocycles. The molecule has 1 atom stereocenters. The molecule has 0 aromatic heterocycles. The summed E-state index contributed by atoms with van der Waals surface area (Å²) < 4.78 is 18.5. The van der Waals surface area contributed by atoms with Gasteiger partial charge in [0.25, 0.3) is 0 Å². The normalized spacial score (nSPS) is 10.0. The number of methoxy groups -OCH3 is 1. The minimum absolute atomic E-state index is 0.0289. The van der Waals surface area contributed by atoms with Gasteiger partial charge in [0, 0.05) is 6.21 Å². The van der Waals surface area contributed by atoms with Crippen LogP contribution >= 0.6 is 9.24 Å². The Kier molecular flexibility index (Phi) is 3.06. The van der Waals surface area contributed by atoms with E-state index in [0.717, 1.165) is 6.21 Å². The topological polar surface area (TPSA) is 59.1 Å². The molecule has 0 saturated carbocycles. The van der Waals surface area contributed by atoms with Crippen LogP contribution in [0.2, 0.25) is 0 Å². The van der Waals surface area contributed by atoms with Crippen molar-refractivity contribution in [1.82, 2.24) is 0 Å². The largest absolute Gasteiger partial charge is 0.493 e. The second kappa shape index (κ2) is 3.93. The Morgan fingerprint density at radius 1 is 1.57 bits per heavy atom. The number of hydrogen-bond donors (Lipinski definition) is 2. The standard InChI is InChI=1S/C9H12FN2OP/c1-4-6(10)8(13-2)5(3-11)7(12)9(4)14/h3,11H,12,14H2,1-2H3. The van der Waals surface area contributed by atoms with Crippen LogP contribution in [0.3, 0.4) is 0 Å². The molecule has 0 spiro atoms. The molecule has 0 aliphatic heterocycles. The first-order valence-corrected chi connectivity index (χ1v) is 4.53. The lowest BCUT2D eigenvalue weighted by Crippen LogP contribution is -2.13. The summed E-state index contributed by atoms with van der Waals surface area (Å²) in [5, 5.41) is 7.70. The third kappa shape index (κ3) is 1.46. The molecular weight excluding hydrogens is 202 g/mol. The molecule has 0 aliphatic rings. The van der Waals surface area contributed by atoms with Gasteiger partial charge in [-0.3, -0.25) is 0 Å². The highest BCUT2D eigenvalue weighted by Crippen LogP contribution is 2.28. The molecule has 3 N–H and O–H groups in total. The zero-order valence-electron chi connectivity index (χ0n) is 8.02. The molecule has 1 unspecified atom stereocenters. The van der Waals surface area contributed by atoms with Crippen LogP contribution in [0.1, 0.15) is 11.1 Å². The fraction of sp³-hybridized carbons (Fsp3) is 0.222. The number of ether oxygens (including phenoxy) is 1. The number of nitrogen functional groups attached to an aromatic ring is 1. The molecule has 14 heavy (non-hydrogen) atoms. The summed E-state index contributed by atoms with van der Waals surface area (Å²) in [6, 6.07) is 0. The van der Waals surface area contributed by atoms with Crippen molar-refractivity contribution in [2.45, 2.75) is 6.92 Å². The van der Waals surface area contributed by atoms with Gasteiger partial charge in [0.2, 0.25) is 0 Å². The Balaban J connectivity index is 3.65. The number of nitrogens with one attached hydrogen (secondary N) is 1. The van der Waals surface area contributed by atoms with E-state index in [1.165, 1.54) is 7.11 Å². The molecule has 0 bridgehead atoms. The average molecular weight is 214 g/mol. The van der Waals surface area contributed by atoms with Gasteiger partial charge in [-0.25, -0.2) is 4.39 Å². The SMILES string of the molecule is COc1c(F)c(C)c(P)c(N)c1C=N. The first kappa shape index (κ1) is 10.9. The highest BCUT2D eigenvalue weighted by Gasteiger charge is 2.17. The van der Waals surface area contributed by atoms with Gasteiger partial charge in [-0.2, -0.15) is 0 Å². The molecule has 1 rings (SSSR count). The van der Waals surface area contributed by atoms with E-state index < -0.39 is 5.82 Å². The Labute approximate surface area is 84.2 Å². The maximum atomic E-state index is 13.6. The van der Waals surface area contributed by atoms with Crippen LogP contribution < -0.4 is 15.8 Å². The van der Waals surface area contributed by atoms with Gasteiger partial charge in [0.15, 0.2) is 11.6 Å². The first-order valence-electron chi connectivity index (χ1n) is 3.96. The molecule has 0 heterocycles.